The van der Waals surface area contributed by atoms with Gasteiger partial charge in [0.1, 0.15) is 29.9 Å². The lowest BCUT2D eigenvalue weighted by molar-refractivity contribution is -0.689. The standard InChI is InChI=1S/C22H22N6O5S2/c1-33-26-15(14-10-35-22(23)24-14)18(29)25-16-19(30)28-17(21(31)32)13(9-34-20(16)28)8-27-6-4-12(5-7-27)11-2-3-11/h4-7,10-11,16,20H,2-3,8-9H2,1H3,(H3-,23,24,25,29,31,32)/p+1/b26-15-/t16-,20-/m1/s1. The number of nitrogens with two attached hydrogens (primary N) is 1. The van der Waals surface area contributed by atoms with Gasteiger partial charge in [-0.25, -0.2) is 14.3 Å². The maximum Gasteiger partial charge on any atom is 0.352 e. The average Bonchev–Trinajstić information content (AvgIpc) is 3.61. The van der Waals surface area contributed by atoms with E-state index in [1.165, 1.54) is 42.2 Å². The fourth-order valence-corrected chi connectivity index (χ4v) is 6.07. The smallest absolute Gasteiger partial charge is 0.352 e. The monoisotopic (exact) mass is 515 g/mol. The van der Waals surface area contributed by atoms with Crippen LogP contribution in [0.2, 0.25) is 0 Å². The Bertz CT molecular complexity index is 1250. The van der Waals surface area contributed by atoms with Gasteiger partial charge in [0.05, 0.1) is 0 Å². The van der Waals surface area contributed by atoms with Crippen LogP contribution in [-0.2, 0) is 25.8 Å². The second-order valence-corrected chi connectivity index (χ2v) is 10.4. The van der Waals surface area contributed by atoms with E-state index >= 15 is 0 Å². The molecule has 2 aromatic heterocycles. The maximum atomic E-state index is 13.0. The molecule has 35 heavy (non-hydrogen) atoms. The van der Waals surface area contributed by atoms with Gasteiger partial charge in [0.25, 0.3) is 11.8 Å². The number of aliphatic carboxylic acids is 1. The summed E-state index contributed by atoms with van der Waals surface area (Å²) in [7, 11) is 1.29. The average molecular weight is 516 g/mol. The summed E-state index contributed by atoms with van der Waals surface area (Å²) >= 11 is 2.55. The number of nitrogens with one attached hydrogen (secondary N) is 1. The van der Waals surface area contributed by atoms with E-state index < -0.39 is 29.2 Å². The number of hydrogen-bond donors (Lipinski definition) is 3. The zero-order valence-corrected chi connectivity index (χ0v) is 20.3. The molecule has 1 saturated heterocycles. The van der Waals surface area contributed by atoms with Gasteiger partial charge in [-0.2, -0.15) is 0 Å². The highest BCUT2D eigenvalue weighted by Gasteiger charge is 2.54. The number of rotatable bonds is 8. The first kappa shape index (κ1) is 23.3. The van der Waals surface area contributed by atoms with Crippen LogP contribution in [0.3, 0.4) is 0 Å². The van der Waals surface area contributed by atoms with Gasteiger partial charge in [0, 0.05) is 28.8 Å². The highest BCUT2D eigenvalue weighted by Crippen LogP contribution is 2.41. The van der Waals surface area contributed by atoms with Crippen molar-refractivity contribution in [2.75, 3.05) is 18.6 Å². The quantitative estimate of drug-likeness (QED) is 0.201. The summed E-state index contributed by atoms with van der Waals surface area (Å²) in [6.07, 6.45) is 6.31. The van der Waals surface area contributed by atoms with Crippen LogP contribution in [0.25, 0.3) is 0 Å². The molecule has 0 aromatic carbocycles. The molecular formula is C22H23N6O5S2+. The van der Waals surface area contributed by atoms with Crippen LogP contribution in [0, 0.1) is 0 Å². The number of carbonyl (C=O) groups excluding carboxylic acids is 2. The SMILES string of the molecule is CO/N=C(\C(=O)N[C@@H]1C(=O)N2C(C(=O)O)=C(C[n+]3ccc(C4CC4)cc3)CS[C@H]12)c1csc(N)n1. The Labute approximate surface area is 208 Å². The van der Waals surface area contributed by atoms with Crippen molar-refractivity contribution < 1.29 is 28.9 Å². The summed E-state index contributed by atoms with van der Waals surface area (Å²) in [5, 5.41) is 17.6. The van der Waals surface area contributed by atoms with Crippen LogP contribution < -0.4 is 15.6 Å². The van der Waals surface area contributed by atoms with Crippen molar-refractivity contribution in [1.29, 1.82) is 0 Å². The Balaban J connectivity index is 1.32. The number of nitrogen functional groups attached to an aromatic ring is 1. The number of fused-ring (bicyclic) bond motifs is 1. The number of anilines is 1. The molecule has 4 heterocycles. The Morgan fingerprint density at radius 2 is 2.11 bits per heavy atom. The van der Waals surface area contributed by atoms with Gasteiger partial charge < -0.3 is 21.0 Å². The van der Waals surface area contributed by atoms with Crippen molar-refractivity contribution in [3.8, 4) is 0 Å². The minimum Gasteiger partial charge on any atom is -0.477 e. The number of carboxylic acids is 1. The van der Waals surface area contributed by atoms with Gasteiger partial charge in [-0.15, -0.1) is 23.1 Å². The van der Waals surface area contributed by atoms with Gasteiger partial charge in [0.2, 0.25) is 0 Å². The van der Waals surface area contributed by atoms with Crippen LogP contribution in [0.4, 0.5) is 5.13 Å². The number of thiazole rings is 1. The molecule has 11 nitrogen and oxygen atoms in total. The molecule has 4 N–H and O–H groups in total. The third-order valence-corrected chi connectivity index (χ3v) is 8.05. The predicted octanol–water partition coefficient (Wildman–Crippen LogP) is 0.680. The third-order valence-electron chi connectivity index (χ3n) is 6.04. The number of hydrogen-bond acceptors (Lipinski definition) is 9. The van der Waals surface area contributed by atoms with Crippen LogP contribution in [-0.4, -0.2) is 62.8 Å². The van der Waals surface area contributed by atoms with E-state index in [1.807, 2.05) is 17.0 Å². The molecule has 2 fully saturated rings. The molecule has 0 bridgehead atoms. The second kappa shape index (κ2) is 9.30. The summed E-state index contributed by atoms with van der Waals surface area (Å²) in [6, 6.07) is 3.23. The number of pyridine rings is 1. The van der Waals surface area contributed by atoms with E-state index in [0.29, 0.717) is 23.8 Å². The molecule has 0 radical (unpaired) electrons. The summed E-state index contributed by atoms with van der Waals surface area (Å²) < 4.78 is 1.92. The van der Waals surface area contributed by atoms with E-state index in [2.05, 4.69) is 27.6 Å². The Morgan fingerprint density at radius 3 is 2.71 bits per heavy atom. The minimum absolute atomic E-state index is 0.0268. The lowest BCUT2D eigenvalue weighted by Gasteiger charge is -2.49. The maximum absolute atomic E-state index is 13.0. The third kappa shape index (κ3) is 4.48. The molecular weight excluding hydrogens is 492 g/mol. The van der Waals surface area contributed by atoms with Crippen LogP contribution in [0.1, 0.15) is 30.0 Å². The first-order chi connectivity index (χ1) is 16.9. The minimum atomic E-state index is -1.17. The molecule has 0 unspecified atom stereocenters. The Hall–Kier alpha value is -3.45. The van der Waals surface area contributed by atoms with Crippen molar-refractivity contribution in [2.45, 2.75) is 36.7 Å². The van der Waals surface area contributed by atoms with Crippen molar-refractivity contribution in [1.82, 2.24) is 15.2 Å². The predicted molar refractivity (Wildman–Crippen MR) is 128 cm³/mol. The van der Waals surface area contributed by atoms with E-state index in [4.69, 9.17) is 10.6 Å². The van der Waals surface area contributed by atoms with Gasteiger partial charge in [0.15, 0.2) is 29.8 Å². The topological polar surface area (TPSA) is 151 Å². The Kier molecular flexibility index (Phi) is 6.19. The molecule has 5 rings (SSSR count). The molecule has 13 heteroatoms. The first-order valence-electron chi connectivity index (χ1n) is 10.9. The van der Waals surface area contributed by atoms with E-state index in [-0.39, 0.29) is 22.2 Å². The normalized spacial score (nSPS) is 21.9. The van der Waals surface area contributed by atoms with Gasteiger partial charge >= 0.3 is 5.97 Å². The fraction of sp³-hybridized carbons (Fsp3) is 0.364. The lowest BCUT2D eigenvalue weighted by Crippen LogP contribution is -2.71. The van der Waals surface area contributed by atoms with Gasteiger partial charge in [-0.05, 0) is 24.3 Å². The number of amides is 2. The Morgan fingerprint density at radius 1 is 1.37 bits per heavy atom. The van der Waals surface area contributed by atoms with Gasteiger partial charge in [-0.3, -0.25) is 14.5 Å². The summed E-state index contributed by atoms with van der Waals surface area (Å²) in [5.74, 6) is -1.26. The fourth-order valence-electron chi connectivity index (χ4n) is 4.19. The largest absolute Gasteiger partial charge is 0.477 e. The van der Waals surface area contributed by atoms with E-state index in [1.54, 1.807) is 5.38 Å². The number of β-lactam (4-membered cyclic amide) rings is 1. The van der Waals surface area contributed by atoms with Crippen molar-refractivity contribution in [3.63, 3.8) is 0 Å². The van der Waals surface area contributed by atoms with E-state index in [9.17, 15) is 19.5 Å². The number of carboxylic acid groups (broad SMARTS) is 1. The summed E-state index contributed by atoms with van der Waals surface area (Å²) in [6.45, 7) is 0.364. The van der Waals surface area contributed by atoms with Crippen molar-refractivity contribution in [3.05, 3.63) is 52.4 Å². The number of thioether (sulfide) groups is 1. The number of carbonyl (C=O) groups is 3. The molecule has 182 valence electrons. The van der Waals surface area contributed by atoms with Crippen molar-refractivity contribution >= 4 is 51.7 Å². The second-order valence-electron chi connectivity index (χ2n) is 8.39. The zero-order valence-electron chi connectivity index (χ0n) is 18.7. The number of oxime groups is 1. The molecule has 1 aliphatic carbocycles. The molecule has 2 aliphatic heterocycles. The van der Waals surface area contributed by atoms with Crippen LogP contribution >= 0.6 is 23.1 Å². The first-order valence-corrected chi connectivity index (χ1v) is 12.8. The van der Waals surface area contributed by atoms with E-state index in [0.717, 1.165) is 11.3 Å². The highest BCUT2D eigenvalue weighted by atomic mass is 32.2. The summed E-state index contributed by atoms with van der Waals surface area (Å²) in [5.41, 5.74) is 7.66. The van der Waals surface area contributed by atoms with Gasteiger partial charge in [-0.1, -0.05) is 5.16 Å². The lowest BCUT2D eigenvalue weighted by atomic mass is 10.0. The molecule has 2 atom stereocenters. The van der Waals surface area contributed by atoms with Crippen LogP contribution in [0.5, 0.6) is 0 Å². The summed E-state index contributed by atoms with van der Waals surface area (Å²) in [4.78, 5) is 48.0. The molecule has 1 saturated carbocycles. The molecule has 2 amide bonds. The van der Waals surface area contributed by atoms with Crippen LogP contribution in [0.15, 0.2) is 46.3 Å². The van der Waals surface area contributed by atoms with Crippen molar-refractivity contribution in [2.24, 2.45) is 5.16 Å². The number of nitrogens with zero attached hydrogens (tertiary/aromatic N) is 4. The zero-order chi connectivity index (χ0) is 24.7. The highest BCUT2D eigenvalue weighted by molar-refractivity contribution is 8.00. The molecule has 2 aromatic rings. The molecule has 0 spiro atoms. The number of aromatic nitrogens is 2. The molecule has 3 aliphatic rings.